The van der Waals surface area contributed by atoms with Gasteiger partial charge in [-0.25, -0.2) is 4.79 Å². The summed E-state index contributed by atoms with van der Waals surface area (Å²) in [5, 5.41) is 19.3. The number of aromatic carboxylic acids is 1. The van der Waals surface area contributed by atoms with E-state index in [0.29, 0.717) is 0 Å². The van der Waals surface area contributed by atoms with Crippen LogP contribution in [0.3, 0.4) is 0 Å². The SMILES string of the molecule is O=C(O)c1cnc([N+](=O)[O-])c(OC2CC2)c1. The number of rotatable bonds is 4. The van der Waals surface area contributed by atoms with Gasteiger partial charge in [-0.15, -0.1) is 0 Å². The van der Waals surface area contributed by atoms with Gasteiger partial charge in [-0.3, -0.25) is 0 Å². The molecule has 0 amide bonds. The molecule has 0 spiro atoms. The average Bonchev–Trinajstić information content (AvgIpc) is 3.01. The number of hydrogen-bond donors (Lipinski definition) is 1. The fourth-order valence-electron chi connectivity index (χ4n) is 1.14. The monoisotopic (exact) mass is 224 g/mol. The molecule has 1 aromatic heterocycles. The van der Waals surface area contributed by atoms with Crippen molar-refractivity contribution in [1.29, 1.82) is 0 Å². The van der Waals surface area contributed by atoms with Crippen LogP contribution in [0.1, 0.15) is 23.2 Å². The van der Waals surface area contributed by atoms with E-state index >= 15 is 0 Å². The van der Waals surface area contributed by atoms with Gasteiger partial charge in [0.05, 0.1) is 6.10 Å². The van der Waals surface area contributed by atoms with Gasteiger partial charge >= 0.3 is 11.8 Å². The summed E-state index contributed by atoms with van der Waals surface area (Å²) < 4.78 is 5.24. The molecule has 0 aromatic carbocycles. The standard InChI is InChI=1S/C9H8N2O5/c12-9(13)5-3-7(16-6-1-2-6)8(10-4-5)11(14)15/h3-4,6H,1-2H2,(H,12,13). The molecular formula is C9H8N2O5. The first-order valence-electron chi connectivity index (χ1n) is 4.62. The number of carbonyl (C=O) groups is 1. The Bertz CT molecular complexity index is 455. The highest BCUT2D eigenvalue weighted by atomic mass is 16.6. The summed E-state index contributed by atoms with van der Waals surface area (Å²) in [7, 11) is 0. The first-order valence-corrected chi connectivity index (χ1v) is 4.62. The third kappa shape index (κ3) is 2.08. The third-order valence-corrected chi connectivity index (χ3v) is 2.07. The van der Waals surface area contributed by atoms with Crippen LogP contribution < -0.4 is 4.74 Å². The largest absolute Gasteiger partial charge is 0.482 e. The molecule has 2 rings (SSSR count). The number of nitro groups is 1. The highest BCUT2D eigenvalue weighted by molar-refractivity contribution is 5.88. The summed E-state index contributed by atoms with van der Waals surface area (Å²) in [6, 6.07) is 1.13. The number of pyridine rings is 1. The zero-order valence-electron chi connectivity index (χ0n) is 8.12. The van der Waals surface area contributed by atoms with Gasteiger partial charge in [0.1, 0.15) is 5.56 Å². The van der Waals surface area contributed by atoms with Gasteiger partial charge in [0.25, 0.3) is 0 Å². The van der Waals surface area contributed by atoms with Crippen LogP contribution in [0.25, 0.3) is 0 Å². The summed E-state index contributed by atoms with van der Waals surface area (Å²) in [6.45, 7) is 0. The molecule has 0 bridgehead atoms. The van der Waals surface area contributed by atoms with E-state index < -0.39 is 16.7 Å². The van der Waals surface area contributed by atoms with Gasteiger partial charge in [0.2, 0.25) is 5.75 Å². The van der Waals surface area contributed by atoms with E-state index in [9.17, 15) is 14.9 Å². The molecule has 1 fully saturated rings. The Balaban J connectivity index is 2.37. The minimum Gasteiger partial charge on any atom is -0.482 e. The van der Waals surface area contributed by atoms with Crippen molar-refractivity contribution >= 4 is 11.8 Å². The Morgan fingerprint density at radius 2 is 2.31 bits per heavy atom. The first-order chi connectivity index (χ1) is 7.58. The van der Waals surface area contributed by atoms with Crippen molar-refractivity contribution in [3.8, 4) is 5.75 Å². The number of aromatic nitrogens is 1. The lowest BCUT2D eigenvalue weighted by Crippen LogP contribution is -2.05. The van der Waals surface area contributed by atoms with Gasteiger partial charge in [0.15, 0.2) is 6.20 Å². The molecule has 1 aliphatic rings. The molecule has 0 radical (unpaired) electrons. The van der Waals surface area contributed by atoms with Crippen molar-refractivity contribution in [2.24, 2.45) is 0 Å². The quantitative estimate of drug-likeness (QED) is 0.609. The van der Waals surface area contributed by atoms with E-state index in [2.05, 4.69) is 4.98 Å². The molecule has 1 saturated carbocycles. The fourth-order valence-corrected chi connectivity index (χ4v) is 1.14. The Morgan fingerprint density at radius 3 is 2.81 bits per heavy atom. The molecule has 0 unspecified atom stereocenters. The van der Waals surface area contributed by atoms with Gasteiger partial charge < -0.3 is 20.0 Å². The summed E-state index contributed by atoms with van der Waals surface area (Å²) in [5.74, 6) is -1.72. The maximum Gasteiger partial charge on any atom is 0.406 e. The Labute approximate surface area is 89.8 Å². The highest BCUT2D eigenvalue weighted by Crippen LogP contribution is 2.32. The molecule has 1 N–H and O–H groups in total. The molecule has 1 aromatic rings. The van der Waals surface area contributed by atoms with Crippen LogP contribution in [0.15, 0.2) is 12.3 Å². The molecule has 0 atom stereocenters. The summed E-state index contributed by atoms with van der Waals surface area (Å²) in [6.07, 6.45) is 2.55. The van der Waals surface area contributed by atoms with Crippen LogP contribution in [0.2, 0.25) is 0 Å². The van der Waals surface area contributed by atoms with Crippen molar-refractivity contribution in [2.75, 3.05) is 0 Å². The zero-order valence-corrected chi connectivity index (χ0v) is 8.12. The number of carboxylic acids is 1. The van der Waals surface area contributed by atoms with E-state index in [1.807, 2.05) is 0 Å². The van der Waals surface area contributed by atoms with Crippen molar-refractivity contribution in [3.63, 3.8) is 0 Å². The summed E-state index contributed by atoms with van der Waals surface area (Å²) in [5.41, 5.74) is -0.124. The second-order valence-electron chi connectivity index (χ2n) is 3.43. The number of ether oxygens (including phenoxy) is 1. The lowest BCUT2D eigenvalue weighted by molar-refractivity contribution is -0.390. The Kier molecular flexibility index (Phi) is 2.43. The van der Waals surface area contributed by atoms with E-state index in [4.69, 9.17) is 9.84 Å². The average molecular weight is 224 g/mol. The highest BCUT2D eigenvalue weighted by Gasteiger charge is 2.29. The van der Waals surface area contributed by atoms with Gasteiger partial charge in [-0.1, -0.05) is 0 Å². The lowest BCUT2D eigenvalue weighted by atomic mass is 10.2. The second kappa shape index (κ2) is 3.76. The van der Waals surface area contributed by atoms with Crippen LogP contribution >= 0.6 is 0 Å². The smallest absolute Gasteiger partial charge is 0.406 e. The minimum absolute atomic E-state index is 0.0513. The van der Waals surface area contributed by atoms with E-state index in [0.717, 1.165) is 25.1 Å². The Hall–Kier alpha value is -2.18. The molecule has 1 aliphatic carbocycles. The molecular weight excluding hydrogens is 216 g/mol. The summed E-state index contributed by atoms with van der Waals surface area (Å²) in [4.78, 5) is 24.1. The normalized spacial score (nSPS) is 14.5. The van der Waals surface area contributed by atoms with Crippen molar-refractivity contribution in [1.82, 2.24) is 4.98 Å². The van der Waals surface area contributed by atoms with Crippen molar-refractivity contribution < 1.29 is 19.6 Å². The zero-order chi connectivity index (χ0) is 11.7. The van der Waals surface area contributed by atoms with E-state index in [1.165, 1.54) is 0 Å². The van der Waals surface area contributed by atoms with Gasteiger partial charge in [-0.05, 0) is 22.7 Å². The molecule has 0 aliphatic heterocycles. The Morgan fingerprint density at radius 1 is 1.62 bits per heavy atom. The predicted octanol–water partition coefficient (Wildman–Crippen LogP) is 1.23. The van der Waals surface area contributed by atoms with Crippen LogP contribution in [-0.4, -0.2) is 27.1 Å². The molecule has 16 heavy (non-hydrogen) atoms. The molecule has 7 nitrogen and oxygen atoms in total. The van der Waals surface area contributed by atoms with Crippen LogP contribution in [0.5, 0.6) is 5.75 Å². The number of nitrogens with zero attached hydrogens (tertiary/aromatic N) is 2. The van der Waals surface area contributed by atoms with Crippen LogP contribution in [0.4, 0.5) is 5.82 Å². The molecule has 0 saturated heterocycles. The predicted molar refractivity (Wildman–Crippen MR) is 51.5 cm³/mol. The molecule has 84 valence electrons. The first kappa shape index (κ1) is 10.3. The maximum absolute atomic E-state index is 10.7. The fraction of sp³-hybridized carbons (Fsp3) is 0.333. The van der Waals surface area contributed by atoms with Crippen LogP contribution in [-0.2, 0) is 0 Å². The third-order valence-electron chi connectivity index (χ3n) is 2.07. The second-order valence-corrected chi connectivity index (χ2v) is 3.43. The van der Waals surface area contributed by atoms with Gasteiger partial charge in [0, 0.05) is 6.07 Å². The molecule has 1 heterocycles. The summed E-state index contributed by atoms with van der Waals surface area (Å²) >= 11 is 0. The van der Waals surface area contributed by atoms with E-state index in [-0.39, 0.29) is 17.4 Å². The molecule has 7 heteroatoms. The number of hydrogen-bond acceptors (Lipinski definition) is 5. The van der Waals surface area contributed by atoms with Gasteiger partial charge in [-0.2, -0.15) is 0 Å². The lowest BCUT2D eigenvalue weighted by Gasteiger charge is -2.04. The van der Waals surface area contributed by atoms with Crippen molar-refractivity contribution in [3.05, 3.63) is 27.9 Å². The topological polar surface area (TPSA) is 103 Å². The van der Waals surface area contributed by atoms with Crippen LogP contribution in [0, 0.1) is 10.1 Å². The number of carboxylic acid groups (broad SMARTS) is 1. The van der Waals surface area contributed by atoms with E-state index in [1.54, 1.807) is 0 Å². The van der Waals surface area contributed by atoms with Crippen molar-refractivity contribution in [2.45, 2.75) is 18.9 Å². The minimum atomic E-state index is -1.19. The maximum atomic E-state index is 10.7.